The van der Waals surface area contributed by atoms with Gasteiger partial charge in [0.1, 0.15) is 6.61 Å². The Morgan fingerprint density at radius 3 is 2.71 bits per heavy atom. The van der Waals surface area contributed by atoms with Crippen molar-refractivity contribution in [2.45, 2.75) is 33.4 Å². The highest BCUT2D eigenvalue weighted by atomic mass is 16.6. The second-order valence-corrected chi connectivity index (χ2v) is 7.18. The molecule has 4 heteroatoms. The molecule has 2 heterocycles. The molecular formula is C20H22N2O2. The molecule has 124 valence electrons. The van der Waals surface area contributed by atoms with Gasteiger partial charge < -0.3 is 14.6 Å². The smallest absolute Gasteiger partial charge is 0.407 e. The van der Waals surface area contributed by atoms with E-state index in [4.69, 9.17) is 4.74 Å². The molecule has 0 aliphatic carbocycles. The van der Waals surface area contributed by atoms with E-state index >= 15 is 0 Å². The summed E-state index contributed by atoms with van der Waals surface area (Å²) in [5.74, 6) is 0. The van der Waals surface area contributed by atoms with Crippen molar-refractivity contribution in [3.63, 3.8) is 0 Å². The Labute approximate surface area is 141 Å². The van der Waals surface area contributed by atoms with Crippen molar-refractivity contribution >= 4 is 27.9 Å². The fourth-order valence-electron chi connectivity index (χ4n) is 3.82. The predicted octanol–water partition coefficient (Wildman–Crippen LogP) is 4.62. The SMILES string of the molecule is CCn1c2ccccc2c2cc([C@@H]3NC(=O)OCC3(C)C)ccc21. The lowest BCUT2D eigenvalue weighted by Gasteiger charge is -2.38. The zero-order chi connectivity index (χ0) is 16.9. The van der Waals surface area contributed by atoms with Crippen molar-refractivity contribution < 1.29 is 9.53 Å². The molecule has 1 aromatic heterocycles. The molecule has 1 fully saturated rings. The maximum atomic E-state index is 11.7. The van der Waals surface area contributed by atoms with Crippen LogP contribution in [-0.4, -0.2) is 17.3 Å². The van der Waals surface area contributed by atoms with Crippen molar-refractivity contribution in [2.75, 3.05) is 6.61 Å². The predicted molar refractivity (Wildman–Crippen MR) is 96.1 cm³/mol. The minimum Gasteiger partial charge on any atom is -0.449 e. The molecule has 24 heavy (non-hydrogen) atoms. The number of ether oxygens (including phenoxy) is 1. The van der Waals surface area contributed by atoms with Crippen LogP contribution < -0.4 is 5.32 Å². The fourth-order valence-corrected chi connectivity index (χ4v) is 3.82. The summed E-state index contributed by atoms with van der Waals surface area (Å²) in [5, 5.41) is 5.48. The third kappa shape index (κ3) is 2.17. The van der Waals surface area contributed by atoms with Crippen molar-refractivity contribution in [1.29, 1.82) is 0 Å². The molecule has 4 rings (SSSR count). The fraction of sp³-hybridized carbons (Fsp3) is 0.350. The number of hydrogen-bond donors (Lipinski definition) is 1. The van der Waals surface area contributed by atoms with Gasteiger partial charge in [-0.1, -0.05) is 38.1 Å². The maximum Gasteiger partial charge on any atom is 0.407 e. The van der Waals surface area contributed by atoms with Gasteiger partial charge in [-0.3, -0.25) is 0 Å². The Morgan fingerprint density at radius 1 is 1.17 bits per heavy atom. The number of nitrogens with one attached hydrogen (secondary N) is 1. The van der Waals surface area contributed by atoms with Gasteiger partial charge in [-0.2, -0.15) is 0 Å². The quantitative estimate of drug-likeness (QED) is 0.748. The molecule has 2 aromatic carbocycles. The highest BCUT2D eigenvalue weighted by Crippen LogP contribution is 2.39. The van der Waals surface area contributed by atoms with E-state index in [-0.39, 0.29) is 17.6 Å². The molecule has 1 N–H and O–H groups in total. The lowest BCUT2D eigenvalue weighted by molar-refractivity contribution is 0.0388. The van der Waals surface area contributed by atoms with Crippen LogP contribution in [-0.2, 0) is 11.3 Å². The molecule has 1 saturated heterocycles. The van der Waals surface area contributed by atoms with Gasteiger partial charge >= 0.3 is 6.09 Å². The number of aromatic nitrogens is 1. The maximum absolute atomic E-state index is 11.7. The minimum absolute atomic E-state index is 0.0492. The standard InChI is InChI=1S/C20H22N2O2/c1-4-22-16-8-6-5-7-14(16)15-11-13(9-10-17(15)22)18-20(2,3)12-24-19(23)21-18/h5-11,18H,4,12H2,1-3H3,(H,21,23)/t18-/m0/s1. The Balaban J connectivity index is 1.92. The number of benzene rings is 2. The van der Waals surface area contributed by atoms with Crippen LogP contribution in [0.3, 0.4) is 0 Å². The molecule has 4 nitrogen and oxygen atoms in total. The van der Waals surface area contributed by atoms with Gasteiger partial charge in [-0.15, -0.1) is 0 Å². The highest BCUT2D eigenvalue weighted by Gasteiger charge is 2.38. The number of carbonyl (C=O) groups is 1. The second kappa shape index (κ2) is 5.26. The lowest BCUT2D eigenvalue weighted by atomic mass is 9.80. The number of fused-ring (bicyclic) bond motifs is 3. The molecule has 1 aliphatic rings. The summed E-state index contributed by atoms with van der Waals surface area (Å²) in [4.78, 5) is 11.7. The number of amides is 1. The van der Waals surface area contributed by atoms with Crippen LogP contribution in [0.1, 0.15) is 32.4 Å². The van der Waals surface area contributed by atoms with Gasteiger partial charge in [0.25, 0.3) is 0 Å². The first-order valence-corrected chi connectivity index (χ1v) is 8.45. The third-order valence-corrected chi connectivity index (χ3v) is 5.06. The molecule has 0 saturated carbocycles. The van der Waals surface area contributed by atoms with Crippen LogP contribution in [0.4, 0.5) is 4.79 Å². The number of rotatable bonds is 2. The summed E-state index contributed by atoms with van der Waals surface area (Å²) in [5.41, 5.74) is 3.47. The first-order chi connectivity index (χ1) is 11.5. The number of carbonyl (C=O) groups excluding carboxylic acids is 1. The van der Waals surface area contributed by atoms with E-state index in [1.807, 2.05) is 0 Å². The molecule has 0 bridgehead atoms. The van der Waals surface area contributed by atoms with Crippen molar-refractivity contribution in [1.82, 2.24) is 9.88 Å². The molecule has 1 atom stereocenters. The van der Waals surface area contributed by atoms with Gasteiger partial charge in [-0.25, -0.2) is 4.79 Å². The number of nitrogens with zero attached hydrogens (tertiary/aromatic N) is 1. The molecule has 0 spiro atoms. The van der Waals surface area contributed by atoms with Gasteiger partial charge in [0, 0.05) is 33.8 Å². The molecule has 0 radical (unpaired) electrons. The Bertz CT molecular complexity index is 939. The topological polar surface area (TPSA) is 43.3 Å². The summed E-state index contributed by atoms with van der Waals surface area (Å²) in [6.07, 6.45) is -0.338. The average Bonchev–Trinajstić information content (AvgIpc) is 2.90. The minimum atomic E-state index is -0.338. The van der Waals surface area contributed by atoms with E-state index in [1.54, 1.807) is 0 Å². The van der Waals surface area contributed by atoms with Crippen LogP contribution in [0, 0.1) is 5.41 Å². The van der Waals surface area contributed by atoms with E-state index in [2.05, 4.69) is 73.1 Å². The molecule has 1 amide bonds. The zero-order valence-corrected chi connectivity index (χ0v) is 14.3. The van der Waals surface area contributed by atoms with E-state index < -0.39 is 0 Å². The van der Waals surface area contributed by atoms with Gasteiger partial charge in [0.05, 0.1) is 6.04 Å². The number of cyclic esters (lactones) is 1. The van der Waals surface area contributed by atoms with Crippen molar-refractivity contribution in [3.8, 4) is 0 Å². The van der Waals surface area contributed by atoms with Crippen LogP contribution >= 0.6 is 0 Å². The van der Waals surface area contributed by atoms with Crippen LogP contribution in [0.25, 0.3) is 21.8 Å². The number of alkyl carbamates (subject to hydrolysis) is 1. The third-order valence-electron chi connectivity index (χ3n) is 5.06. The molecule has 3 aromatic rings. The summed E-state index contributed by atoms with van der Waals surface area (Å²) >= 11 is 0. The molecule has 1 aliphatic heterocycles. The van der Waals surface area contributed by atoms with Crippen molar-refractivity contribution in [2.24, 2.45) is 5.41 Å². The number of aryl methyl sites for hydroxylation is 1. The summed E-state index contributed by atoms with van der Waals surface area (Å²) in [6, 6.07) is 15.0. The molecule has 0 unspecified atom stereocenters. The Hall–Kier alpha value is -2.49. The lowest BCUT2D eigenvalue weighted by Crippen LogP contribution is -2.46. The van der Waals surface area contributed by atoms with E-state index in [9.17, 15) is 4.79 Å². The first kappa shape index (κ1) is 15.1. The van der Waals surface area contributed by atoms with Gasteiger partial charge in [0.15, 0.2) is 0 Å². The summed E-state index contributed by atoms with van der Waals surface area (Å²) < 4.78 is 7.51. The molecular weight excluding hydrogens is 300 g/mol. The number of para-hydroxylation sites is 1. The van der Waals surface area contributed by atoms with Crippen LogP contribution in [0.2, 0.25) is 0 Å². The van der Waals surface area contributed by atoms with Crippen LogP contribution in [0.15, 0.2) is 42.5 Å². The summed E-state index contributed by atoms with van der Waals surface area (Å²) in [7, 11) is 0. The van der Waals surface area contributed by atoms with Gasteiger partial charge in [0.2, 0.25) is 0 Å². The van der Waals surface area contributed by atoms with Crippen molar-refractivity contribution in [3.05, 3.63) is 48.0 Å². The highest BCUT2D eigenvalue weighted by molar-refractivity contribution is 6.08. The van der Waals surface area contributed by atoms with E-state index in [0.29, 0.717) is 6.61 Å². The van der Waals surface area contributed by atoms with E-state index in [0.717, 1.165) is 12.1 Å². The Morgan fingerprint density at radius 2 is 1.92 bits per heavy atom. The summed E-state index contributed by atoms with van der Waals surface area (Å²) in [6.45, 7) is 7.77. The average molecular weight is 322 g/mol. The zero-order valence-electron chi connectivity index (χ0n) is 14.3. The second-order valence-electron chi connectivity index (χ2n) is 7.18. The Kier molecular flexibility index (Phi) is 3.30. The van der Waals surface area contributed by atoms with Crippen LogP contribution in [0.5, 0.6) is 0 Å². The number of hydrogen-bond acceptors (Lipinski definition) is 2. The monoisotopic (exact) mass is 322 g/mol. The first-order valence-electron chi connectivity index (χ1n) is 8.45. The normalized spacial score (nSPS) is 20.1. The largest absolute Gasteiger partial charge is 0.449 e. The van der Waals surface area contributed by atoms with E-state index in [1.165, 1.54) is 21.8 Å². The van der Waals surface area contributed by atoms with Gasteiger partial charge in [-0.05, 0) is 30.7 Å².